The summed E-state index contributed by atoms with van der Waals surface area (Å²) in [5.74, 6) is -1.23. The Hall–Kier alpha value is -2.05. The van der Waals surface area contributed by atoms with Gasteiger partial charge in [0.15, 0.2) is 0 Å². The van der Waals surface area contributed by atoms with E-state index in [1.807, 2.05) is 0 Å². The molecule has 1 saturated heterocycles. The molecule has 1 aromatic carbocycles. The normalized spacial score (nSPS) is 18.5. The molecule has 0 saturated carbocycles. The van der Waals surface area contributed by atoms with Crippen molar-refractivity contribution in [3.63, 3.8) is 0 Å². The minimum Gasteiger partial charge on any atom is -0.481 e. The van der Waals surface area contributed by atoms with Gasteiger partial charge in [0.1, 0.15) is 0 Å². The summed E-state index contributed by atoms with van der Waals surface area (Å²) >= 11 is 0. The van der Waals surface area contributed by atoms with Crippen LogP contribution in [0.5, 0.6) is 0 Å². The lowest BCUT2D eigenvalue weighted by Gasteiger charge is -2.33. The van der Waals surface area contributed by atoms with Gasteiger partial charge in [-0.05, 0) is 49.8 Å². The van der Waals surface area contributed by atoms with Crippen LogP contribution in [0.1, 0.15) is 47.2 Å². The molecule has 1 aliphatic rings. The molecule has 0 aromatic heterocycles. The minimum absolute atomic E-state index is 0.0370. The zero-order valence-corrected chi connectivity index (χ0v) is 13.4. The minimum atomic E-state index is -4.49. The summed E-state index contributed by atoms with van der Waals surface area (Å²) in [6, 6.07) is 3.18. The lowest BCUT2D eigenvalue weighted by Crippen LogP contribution is -2.40. The molecule has 1 heterocycles. The summed E-state index contributed by atoms with van der Waals surface area (Å²) < 4.78 is 38.6. The Balaban J connectivity index is 2.14. The molecular weight excluding hydrogens is 323 g/mol. The predicted octanol–water partition coefficient (Wildman–Crippen LogP) is 3.73. The third kappa shape index (κ3) is 4.49. The first-order chi connectivity index (χ1) is 11.2. The molecule has 1 unspecified atom stereocenters. The van der Waals surface area contributed by atoms with E-state index >= 15 is 0 Å². The molecule has 24 heavy (non-hydrogen) atoms. The molecule has 1 N–H and O–H groups in total. The topological polar surface area (TPSA) is 57.6 Å². The highest BCUT2D eigenvalue weighted by atomic mass is 19.4. The van der Waals surface area contributed by atoms with Gasteiger partial charge in [-0.25, -0.2) is 0 Å². The first-order valence-electron chi connectivity index (χ1n) is 7.87. The van der Waals surface area contributed by atoms with Gasteiger partial charge in [0.05, 0.1) is 5.56 Å². The highest BCUT2D eigenvalue weighted by Gasteiger charge is 2.32. The number of likely N-dealkylation sites (tertiary alicyclic amines) is 1. The lowest BCUT2D eigenvalue weighted by molar-refractivity contribution is -0.138. The zero-order valence-electron chi connectivity index (χ0n) is 13.4. The van der Waals surface area contributed by atoms with Gasteiger partial charge in [-0.15, -0.1) is 0 Å². The third-order valence-electron chi connectivity index (χ3n) is 4.37. The quantitative estimate of drug-likeness (QED) is 0.906. The molecule has 1 aliphatic heterocycles. The number of aryl methyl sites for hydroxylation is 1. The lowest BCUT2D eigenvalue weighted by atomic mass is 9.92. The number of nitrogens with zero attached hydrogens (tertiary/aromatic N) is 1. The van der Waals surface area contributed by atoms with Crippen molar-refractivity contribution in [1.82, 2.24) is 4.90 Å². The monoisotopic (exact) mass is 343 g/mol. The molecule has 0 radical (unpaired) electrons. The number of carbonyl (C=O) groups is 2. The number of carboxylic acid groups (broad SMARTS) is 1. The largest absolute Gasteiger partial charge is 0.481 e. The number of halogens is 3. The maximum atomic E-state index is 12.9. The molecule has 1 fully saturated rings. The van der Waals surface area contributed by atoms with Gasteiger partial charge >= 0.3 is 12.1 Å². The maximum Gasteiger partial charge on any atom is 0.416 e. The fourth-order valence-electron chi connectivity index (χ4n) is 3.01. The SMILES string of the molecule is Cc1ccc(C(F)(F)F)cc1C(=O)N1CCCC(CCC(=O)O)C1. The summed E-state index contributed by atoms with van der Waals surface area (Å²) in [5, 5.41) is 8.75. The fraction of sp³-hybridized carbons (Fsp3) is 0.529. The first-order valence-corrected chi connectivity index (χ1v) is 7.87. The second kappa shape index (κ2) is 7.23. The van der Waals surface area contributed by atoms with Gasteiger partial charge in [-0.2, -0.15) is 13.2 Å². The van der Waals surface area contributed by atoms with Crippen LogP contribution in [0.3, 0.4) is 0 Å². The molecule has 7 heteroatoms. The van der Waals surface area contributed by atoms with Crippen LogP contribution in [0.25, 0.3) is 0 Å². The smallest absolute Gasteiger partial charge is 0.416 e. The number of alkyl halides is 3. The van der Waals surface area contributed by atoms with Crippen molar-refractivity contribution in [3.05, 3.63) is 34.9 Å². The Morgan fingerprint density at radius 2 is 2.04 bits per heavy atom. The van der Waals surface area contributed by atoms with Crippen LogP contribution in [-0.2, 0) is 11.0 Å². The molecule has 2 rings (SSSR count). The summed E-state index contributed by atoms with van der Waals surface area (Å²) in [6.07, 6.45) is -2.42. The standard InChI is InChI=1S/C17H20F3NO3/c1-11-4-6-13(17(18,19)20)9-14(11)16(24)21-8-2-3-12(10-21)5-7-15(22)23/h4,6,9,12H,2-3,5,7-8,10H2,1H3,(H,22,23). The van der Waals surface area contributed by atoms with Crippen molar-refractivity contribution < 1.29 is 27.9 Å². The van der Waals surface area contributed by atoms with Crippen LogP contribution in [-0.4, -0.2) is 35.0 Å². The van der Waals surface area contributed by atoms with Crippen molar-refractivity contribution in [3.8, 4) is 0 Å². The van der Waals surface area contributed by atoms with E-state index in [-0.39, 0.29) is 17.9 Å². The Kier molecular flexibility index (Phi) is 5.51. The molecule has 0 aliphatic carbocycles. The number of carbonyl (C=O) groups excluding carboxylic acids is 1. The van der Waals surface area contributed by atoms with E-state index < -0.39 is 23.6 Å². The van der Waals surface area contributed by atoms with Crippen LogP contribution < -0.4 is 0 Å². The van der Waals surface area contributed by atoms with E-state index in [9.17, 15) is 22.8 Å². The van der Waals surface area contributed by atoms with Crippen LogP contribution in [0, 0.1) is 12.8 Å². The number of rotatable bonds is 4. The Labute approximate surface area is 138 Å². The van der Waals surface area contributed by atoms with Crippen LogP contribution in [0.2, 0.25) is 0 Å². The summed E-state index contributed by atoms with van der Waals surface area (Å²) in [6.45, 7) is 2.49. The number of amides is 1. The van der Waals surface area contributed by atoms with Gasteiger partial charge in [0.2, 0.25) is 0 Å². The molecule has 0 bridgehead atoms. The van der Waals surface area contributed by atoms with Crippen molar-refractivity contribution in [2.75, 3.05) is 13.1 Å². The molecule has 0 spiro atoms. The van der Waals surface area contributed by atoms with E-state index in [2.05, 4.69) is 0 Å². The third-order valence-corrected chi connectivity index (χ3v) is 4.37. The van der Waals surface area contributed by atoms with Crippen LogP contribution in [0.4, 0.5) is 13.2 Å². The molecular formula is C17H20F3NO3. The van der Waals surface area contributed by atoms with Crippen molar-refractivity contribution in [2.24, 2.45) is 5.92 Å². The number of carboxylic acids is 1. The van der Waals surface area contributed by atoms with Gasteiger partial charge in [0.25, 0.3) is 5.91 Å². The number of hydrogen-bond donors (Lipinski definition) is 1. The zero-order chi connectivity index (χ0) is 17.9. The number of benzene rings is 1. The van der Waals surface area contributed by atoms with Crippen LogP contribution in [0.15, 0.2) is 18.2 Å². The van der Waals surface area contributed by atoms with E-state index in [1.165, 1.54) is 6.07 Å². The van der Waals surface area contributed by atoms with Crippen molar-refractivity contribution in [1.29, 1.82) is 0 Å². The Morgan fingerprint density at radius 1 is 1.33 bits per heavy atom. The molecule has 4 nitrogen and oxygen atoms in total. The van der Waals surface area contributed by atoms with E-state index in [1.54, 1.807) is 11.8 Å². The molecule has 132 valence electrons. The van der Waals surface area contributed by atoms with Crippen molar-refractivity contribution in [2.45, 2.75) is 38.8 Å². The van der Waals surface area contributed by atoms with E-state index in [0.29, 0.717) is 25.1 Å². The fourth-order valence-corrected chi connectivity index (χ4v) is 3.01. The molecule has 1 aromatic rings. The van der Waals surface area contributed by atoms with Gasteiger partial charge in [-0.1, -0.05) is 6.07 Å². The van der Waals surface area contributed by atoms with Gasteiger partial charge in [-0.3, -0.25) is 9.59 Å². The number of hydrogen-bond acceptors (Lipinski definition) is 2. The molecule has 1 atom stereocenters. The van der Waals surface area contributed by atoms with Gasteiger partial charge < -0.3 is 10.0 Å². The average Bonchev–Trinajstić information content (AvgIpc) is 2.52. The van der Waals surface area contributed by atoms with Crippen molar-refractivity contribution >= 4 is 11.9 Å². The summed E-state index contributed by atoms with van der Waals surface area (Å²) in [4.78, 5) is 24.8. The highest BCUT2D eigenvalue weighted by molar-refractivity contribution is 5.96. The number of aliphatic carboxylic acids is 1. The second-order valence-corrected chi connectivity index (χ2v) is 6.22. The Morgan fingerprint density at radius 3 is 2.67 bits per heavy atom. The molecule has 1 amide bonds. The van der Waals surface area contributed by atoms with Crippen LogP contribution >= 0.6 is 0 Å². The highest BCUT2D eigenvalue weighted by Crippen LogP contribution is 2.31. The Bertz CT molecular complexity index is 628. The second-order valence-electron chi connectivity index (χ2n) is 6.22. The van der Waals surface area contributed by atoms with Gasteiger partial charge in [0, 0.05) is 25.1 Å². The average molecular weight is 343 g/mol. The number of piperidine rings is 1. The summed E-state index contributed by atoms with van der Waals surface area (Å²) in [5.41, 5.74) is -0.278. The summed E-state index contributed by atoms with van der Waals surface area (Å²) in [7, 11) is 0. The van der Waals surface area contributed by atoms with E-state index in [0.717, 1.165) is 25.0 Å². The first kappa shape index (κ1) is 18.3. The maximum absolute atomic E-state index is 12.9. The van der Waals surface area contributed by atoms with E-state index in [4.69, 9.17) is 5.11 Å². The predicted molar refractivity (Wildman–Crippen MR) is 81.7 cm³/mol.